The van der Waals surface area contributed by atoms with Gasteiger partial charge in [0.05, 0.1) is 10.2 Å². The molecule has 1 amide bonds. The number of para-hydroxylation sites is 1. The lowest BCUT2D eigenvalue weighted by atomic mass is 10.2. The minimum atomic E-state index is -0.411. The lowest BCUT2D eigenvalue weighted by molar-refractivity contribution is 0.0267. The minimum absolute atomic E-state index is 0.160. The van der Waals surface area contributed by atoms with Gasteiger partial charge in [0.25, 0.3) is 0 Å². The van der Waals surface area contributed by atoms with Crippen molar-refractivity contribution in [3.63, 3.8) is 0 Å². The van der Waals surface area contributed by atoms with E-state index < -0.39 is 5.60 Å². The summed E-state index contributed by atoms with van der Waals surface area (Å²) in [5.41, 5.74) is 0.684. The maximum absolute atomic E-state index is 12.1. The number of rotatable bonds is 3. The highest BCUT2D eigenvalue weighted by Gasteiger charge is 2.56. The zero-order valence-electron chi connectivity index (χ0n) is 14.2. The van der Waals surface area contributed by atoms with E-state index in [1.165, 1.54) is 4.70 Å². The van der Waals surface area contributed by atoms with E-state index in [0.29, 0.717) is 11.8 Å². The van der Waals surface area contributed by atoms with Crippen LogP contribution in [0, 0.1) is 17.8 Å². The summed E-state index contributed by atoms with van der Waals surface area (Å²) < 4.78 is 7.88. The zero-order chi connectivity index (χ0) is 16.9. The van der Waals surface area contributed by atoms with Crippen LogP contribution in [0.15, 0.2) is 28.6 Å². The molecule has 0 N–H and O–H groups in total. The molecule has 128 valence electrons. The molecule has 2 atom stereocenters. The molecule has 2 heterocycles. The fourth-order valence-corrected chi connectivity index (χ4v) is 5.85. The first-order valence-corrected chi connectivity index (χ1v) is 10.2. The second-order valence-electron chi connectivity index (χ2n) is 7.64. The van der Waals surface area contributed by atoms with Crippen molar-refractivity contribution in [2.75, 3.05) is 18.8 Å². The van der Waals surface area contributed by atoms with Crippen LogP contribution < -0.4 is 0 Å². The molecule has 4 rings (SSSR count). The fourth-order valence-electron chi connectivity index (χ4n) is 3.45. The first kappa shape index (κ1) is 16.2. The molecule has 0 radical (unpaired) electrons. The van der Waals surface area contributed by atoms with Crippen LogP contribution in [0.5, 0.6) is 0 Å². The summed E-state index contributed by atoms with van der Waals surface area (Å²) in [6.45, 7) is 7.45. The molecule has 1 aromatic heterocycles. The Morgan fingerprint density at radius 1 is 1.33 bits per heavy atom. The lowest BCUT2D eigenvalue weighted by Gasteiger charge is -2.25. The maximum Gasteiger partial charge on any atom is 0.410 e. The van der Waals surface area contributed by atoms with E-state index in [-0.39, 0.29) is 6.09 Å². The molecule has 2 fully saturated rings. The molecule has 24 heavy (non-hydrogen) atoms. The van der Waals surface area contributed by atoms with Gasteiger partial charge in [-0.1, -0.05) is 23.9 Å². The standard InChI is InChI=1S/C18H22N2O2S2/c1-18(2,3)22-17(21)20-8-11-12(9-20)13(11)10-23-16-19-14-6-4-5-7-15(14)24-16/h4-7,11-13H,8-10H2,1-3H3. The van der Waals surface area contributed by atoms with Gasteiger partial charge < -0.3 is 9.64 Å². The number of fused-ring (bicyclic) bond motifs is 2. The first-order valence-electron chi connectivity index (χ1n) is 8.37. The number of hydrogen-bond donors (Lipinski definition) is 0. The van der Waals surface area contributed by atoms with Crippen LogP contribution in [0.1, 0.15) is 20.8 Å². The van der Waals surface area contributed by atoms with Gasteiger partial charge in [-0.25, -0.2) is 9.78 Å². The van der Waals surface area contributed by atoms with Crippen molar-refractivity contribution < 1.29 is 9.53 Å². The Morgan fingerprint density at radius 3 is 2.71 bits per heavy atom. The third-order valence-corrected chi connectivity index (χ3v) is 7.02. The Labute approximate surface area is 150 Å². The molecular weight excluding hydrogens is 340 g/mol. The van der Waals surface area contributed by atoms with Crippen molar-refractivity contribution in [1.82, 2.24) is 9.88 Å². The molecule has 4 nitrogen and oxygen atoms in total. The van der Waals surface area contributed by atoms with Gasteiger partial charge in [0.2, 0.25) is 0 Å². The summed E-state index contributed by atoms with van der Waals surface area (Å²) in [7, 11) is 0. The summed E-state index contributed by atoms with van der Waals surface area (Å²) in [5, 5.41) is 0. The number of thioether (sulfide) groups is 1. The number of amides is 1. The number of piperidine rings is 1. The Balaban J connectivity index is 1.27. The van der Waals surface area contributed by atoms with Crippen LogP contribution in [0.3, 0.4) is 0 Å². The van der Waals surface area contributed by atoms with Crippen LogP contribution in [-0.4, -0.2) is 40.4 Å². The van der Waals surface area contributed by atoms with E-state index in [1.54, 1.807) is 11.3 Å². The van der Waals surface area contributed by atoms with Gasteiger partial charge in [-0.05, 0) is 50.7 Å². The highest BCUT2D eigenvalue weighted by molar-refractivity contribution is 8.01. The molecular formula is C18H22N2O2S2. The SMILES string of the molecule is CC(C)(C)OC(=O)N1CC2C(CSc3nc4ccccc4s3)C2C1. The van der Waals surface area contributed by atoms with Crippen LogP contribution in [0.4, 0.5) is 4.79 Å². The second kappa shape index (κ2) is 5.92. The molecule has 0 bridgehead atoms. The van der Waals surface area contributed by atoms with Crippen molar-refractivity contribution in [1.29, 1.82) is 0 Å². The van der Waals surface area contributed by atoms with Gasteiger partial charge in [-0.2, -0.15) is 0 Å². The number of nitrogens with zero attached hydrogens (tertiary/aromatic N) is 2. The highest BCUT2D eigenvalue weighted by Crippen LogP contribution is 2.54. The monoisotopic (exact) mass is 362 g/mol. The number of carbonyl (C=O) groups is 1. The molecule has 1 aromatic carbocycles. The molecule has 1 aliphatic carbocycles. The predicted molar refractivity (Wildman–Crippen MR) is 98.6 cm³/mol. The minimum Gasteiger partial charge on any atom is -0.444 e. The summed E-state index contributed by atoms with van der Waals surface area (Å²) in [4.78, 5) is 18.7. The van der Waals surface area contributed by atoms with Crippen molar-refractivity contribution in [3.8, 4) is 0 Å². The van der Waals surface area contributed by atoms with Gasteiger partial charge in [-0.3, -0.25) is 0 Å². The first-order chi connectivity index (χ1) is 11.4. The normalized spacial score (nSPS) is 25.8. The topological polar surface area (TPSA) is 42.4 Å². The van der Waals surface area contributed by atoms with E-state index in [1.807, 2.05) is 43.5 Å². The summed E-state index contributed by atoms with van der Waals surface area (Å²) in [6, 6.07) is 8.29. The average Bonchev–Trinajstić information content (AvgIpc) is 2.90. The number of carbonyl (C=O) groups excluding carboxylic acids is 1. The fraction of sp³-hybridized carbons (Fsp3) is 0.556. The van der Waals surface area contributed by atoms with Gasteiger partial charge in [-0.15, -0.1) is 11.3 Å². The molecule has 1 saturated carbocycles. The number of aromatic nitrogens is 1. The summed E-state index contributed by atoms with van der Waals surface area (Å²) >= 11 is 3.64. The molecule has 2 aliphatic rings. The average molecular weight is 363 g/mol. The molecule has 2 unspecified atom stereocenters. The molecule has 6 heteroatoms. The maximum atomic E-state index is 12.1. The lowest BCUT2D eigenvalue weighted by Crippen LogP contribution is -2.37. The quantitative estimate of drug-likeness (QED) is 0.754. The number of thiazole rings is 1. The van der Waals surface area contributed by atoms with Crippen molar-refractivity contribution in [2.45, 2.75) is 30.7 Å². The number of hydrogen-bond acceptors (Lipinski definition) is 5. The van der Waals surface area contributed by atoms with E-state index in [4.69, 9.17) is 4.74 Å². The van der Waals surface area contributed by atoms with Gasteiger partial charge >= 0.3 is 6.09 Å². The van der Waals surface area contributed by atoms with Crippen LogP contribution in [0.2, 0.25) is 0 Å². The van der Waals surface area contributed by atoms with Crippen molar-refractivity contribution in [3.05, 3.63) is 24.3 Å². The predicted octanol–water partition coefficient (Wildman–Crippen LogP) is 4.50. The number of benzene rings is 1. The van der Waals surface area contributed by atoms with Gasteiger partial charge in [0, 0.05) is 18.8 Å². The van der Waals surface area contributed by atoms with Gasteiger partial charge in [0.15, 0.2) is 4.34 Å². The van der Waals surface area contributed by atoms with Crippen LogP contribution in [-0.2, 0) is 4.74 Å². The van der Waals surface area contributed by atoms with E-state index in [2.05, 4.69) is 23.2 Å². The summed E-state index contributed by atoms with van der Waals surface area (Å²) in [6.07, 6.45) is -0.160. The molecule has 0 spiro atoms. The van der Waals surface area contributed by atoms with Gasteiger partial charge in [0.1, 0.15) is 5.60 Å². The van der Waals surface area contributed by atoms with Crippen molar-refractivity contribution >= 4 is 39.4 Å². The Kier molecular flexibility index (Phi) is 4.00. The second-order valence-corrected chi connectivity index (χ2v) is 9.93. The van der Waals surface area contributed by atoms with Crippen molar-refractivity contribution in [2.24, 2.45) is 17.8 Å². The number of likely N-dealkylation sites (tertiary alicyclic amines) is 1. The summed E-state index contributed by atoms with van der Waals surface area (Å²) in [5.74, 6) is 3.14. The Bertz CT molecular complexity index is 723. The molecule has 1 saturated heterocycles. The molecule has 2 aromatic rings. The third-order valence-electron chi connectivity index (χ3n) is 4.70. The van der Waals surface area contributed by atoms with E-state index in [0.717, 1.165) is 34.6 Å². The highest BCUT2D eigenvalue weighted by atomic mass is 32.2. The third kappa shape index (κ3) is 3.26. The Morgan fingerprint density at radius 2 is 2.04 bits per heavy atom. The smallest absolute Gasteiger partial charge is 0.410 e. The molecule has 1 aliphatic heterocycles. The Hall–Kier alpha value is -1.27. The zero-order valence-corrected chi connectivity index (χ0v) is 15.8. The van der Waals surface area contributed by atoms with E-state index >= 15 is 0 Å². The van der Waals surface area contributed by atoms with Crippen LogP contribution in [0.25, 0.3) is 10.2 Å². The number of ether oxygens (including phenoxy) is 1. The van der Waals surface area contributed by atoms with E-state index in [9.17, 15) is 4.79 Å². The van der Waals surface area contributed by atoms with Crippen LogP contribution >= 0.6 is 23.1 Å². The largest absolute Gasteiger partial charge is 0.444 e.